The van der Waals surface area contributed by atoms with Crippen LogP contribution >= 0.6 is 12.4 Å². The Morgan fingerprint density at radius 2 is 1.91 bits per heavy atom. The molecule has 0 aromatic heterocycles. The minimum Gasteiger partial charge on any atom is -0.324 e. The summed E-state index contributed by atoms with van der Waals surface area (Å²) in [6, 6.07) is 0. The second-order valence-electron chi connectivity index (χ2n) is 3.29. The molecule has 68 valence electrons. The lowest BCUT2D eigenvalue weighted by molar-refractivity contribution is 0.279. The Bertz CT molecular complexity index is 221. The highest BCUT2D eigenvalue weighted by Gasteiger charge is 2.35. The molecule has 1 rings (SSSR count). The van der Waals surface area contributed by atoms with E-state index in [1.807, 2.05) is 0 Å². The summed E-state index contributed by atoms with van der Waals surface area (Å²) in [6.45, 7) is 0. The van der Waals surface area contributed by atoms with Gasteiger partial charge in [0.05, 0.1) is 5.75 Å². The summed E-state index contributed by atoms with van der Waals surface area (Å²) in [5, 5.41) is 0. The van der Waals surface area contributed by atoms with Gasteiger partial charge in [-0.1, -0.05) is 0 Å². The monoisotopic (exact) mass is 199 g/mol. The zero-order valence-electron chi connectivity index (χ0n) is 6.54. The SMILES string of the molecule is CS(=O)(=O)CC1(N)CCC1.Cl. The van der Waals surface area contributed by atoms with Crippen LogP contribution < -0.4 is 5.73 Å². The standard InChI is InChI=1S/C6H13NO2S.ClH/c1-10(8,9)5-6(7)3-2-4-6;/h2-5,7H2,1H3;1H. The Kier molecular flexibility index (Phi) is 3.35. The van der Waals surface area contributed by atoms with Crippen molar-refractivity contribution >= 4 is 22.2 Å². The van der Waals surface area contributed by atoms with Crippen molar-refractivity contribution in [3.63, 3.8) is 0 Å². The Labute approximate surface area is 73.7 Å². The van der Waals surface area contributed by atoms with E-state index in [-0.39, 0.29) is 23.7 Å². The zero-order chi connectivity index (χ0) is 7.83. The fraction of sp³-hybridized carbons (Fsp3) is 1.00. The molecule has 1 aliphatic carbocycles. The van der Waals surface area contributed by atoms with Gasteiger partial charge < -0.3 is 5.73 Å². The normalized spacial score (nSPS) is 21.6. The summed E-state index contributed by atoms with van der Waals surface area (Å²) in [6.07, 6.45) is 4.03. The van der Waals surface area contributed by atoms with Crippen LogP contribution in [0.3, 0.4) is 0 Å². The number of hydrogen-bond donors (Lipinski definition) is 1. The highest BCUT2D eigenvalue weighted by molar-refractivity contribution is 7.90. The molecule has 1 saturated carbocycles. The van der Waals surface area contributed by atoms with Gasteiger partial charge in [-0.25, -0.2) is 8.42 Å². The average molecular weight is 200 g/mol. The molecule has 0 amide bonds. The lowest BCUT2D eigenvalue weighted by Gasteiger charge is -2.37. The van der Waals surface area contributed by atoms with Crippen LogP contribution in [0.2, 0.25) is 0 Å². The third-order valence-corrected chi connectivity index (χ3v) is 3.00. The molecule has 0 radical (unpaired) electrons. The molecule has 0 bridgehead atoms. The first kappa shape index (κ1) is 11.2. The maximum atomic E-state index is 10.8. The second-order valence-corrected chi connectivity index (χ2v) is 5.43. The third-order valence-electron chi connectivity index (χ3n) is 1.90. The van der Waals surface area contributed by atoms with Crippen molar-refractivity contribution in [3.05, 3.63) is 0 Å². The van der Waals surface area contributed by atoms with E-state index in [1.165, 1.54) is 6.26 Å². The van der Waals surface area contributed by atoms with Crippen LogP contribution in [0.5, 0.6) is 0 Å². The molecule has 0 heterocycles. The first-order valence-corrected chi connectivity index (χ1v) is 5.44. The van der Waals surface area contributed by atoms with E-state index in [4.69, 9.17) is 5.73 Å². The van der Waals surface area contributed by atoms with Gasteiger partial charge in [-0.05, 0) is 19.3 Å². The van der Waals surface area contributed by atoms with Crippen LogP contribution in [-0.4, -0.2) is 26.0 Å². The van der Waals surface area contributed by atoms with Gasteiger partial charge >= 0.3 is 0 Å². The molecule has 1 fully saturated rings. The van der Waals surface area contributed by atoms with Gasteiger partial charge in [0.15, 0.2) is 0 Å². The van der Waals surface area contributed by atoms with Crippen LogP contribution in [0, 0.1) is 0 Å². The van der Waals surface area contributed by atoms with Crippen LogP contribution in [0.25, 0.3) is 0 Å². The quantitative estimate of drug-likeness (QED) is 0.698. The van der Waals surface area contributed by atoms with E-state index in [0.29, 0.717) is 0 Å². The lowest BCUT2D eigenvalue weighted by Crippen LogP contribution is -2.51. The predicted molar refractivity (Wildman–Crippen MR) is 47.7 cm³/mol. The Balaban J connectivity index is 0.000001000. The summed E-state index contributed by atoms with van der Waals surface area (Å²) < 4.78 is 21.5. The van der Waals surface area contributed by atoms with Crippen LogP contribution in [0.15, 0.2) is 0 Å². The van der Waals surface area contributed by atoms with E-state index in [1.54, 1.807) is 0 Å². The van der Waals surface area contributed by atoms with Gasteiger partial charge in [0, 0.05) is 11.8 Å². The molecule has 0 unspecified atom stereocenters. The smallest absolute Gasteiger partial charge is 0.149 e. The molecule has 2 N–H and O–H groups in total. The van der Waals surface area contributed by atoms with E-state index in [9.17, 15) is 8.42 Å². The van der Waals surface area contributed by atoms with Crippen molar-refractivity contribution in [2.75, 3.05) is 12.0 Å². The fourth-order valence-corrected chi connectivity index (χ4v) is 2.63. The molecular weight excluding hydrogens is 186 g/mol. The van der Waals surface area contributed by atoms with Gasteiger partial charge in [0.25, 0.3) is 0 Å². The Morgan fingerprint density at radius 1 is 1.45 bits per heavy atom. The van der Waals surface area contributed by atoms with Gasteiger partial charge in [0.1, 0.15) is 9.84 Å². The van der Waals surface area contributed by atoms with Crippen molar-refractivity contribution in [3.8, 4) is 0 Å². The van der Waals surface area contributed by atoms with Crippen molar-refractivity contribution in [1.29, 1.82) is 0 Å². The molecule has 11 heavy (non-hydrogen) atoms. The number of rotatable bonds is 2. The van der Waals surface area contributed by atoms with Crippen molar-refractivity contribution in [1.82, 2.24) is 0 Å². The summed E-state index contributed by atoms with van der Waals surface area (Å²) in [4.78, 5) is 0. The first-order chi connectivity index (χ1) is 4.41. The van der Waals surface area contributed by atoms with Crippen molar-refractivity contribution in [2.24, 2.45) is 5.73 Å². The Hall–Kier alpha value is 0.200. The van der Waals surface area contributed by atoms with E-state index >= 15 is 0 Å². The number of sulfone groups is 1. The van der Waals surface area contributed by atoms with Gasteiger partial charge in [0.2, 0.25) is 0 Å². The van der Waals surface area contributed by atoms with E-state index < -0.39 is 9.84 Å². The van der Waals surface area contributed by atoms with E-state index in [0.717, 1.165) is 19.3 Å². The molecule has 1 aliphatic rings. The van der Waals surface area contributed by atoms with Crippen LogP contribution in [-0.2, 0) is 9.84 Å². The molecular formula is C6H14ClNO2S. The first-order valence-electron chi connectivity index (χ1n) is 3.38. The number of nitrogens with two attached hydrogens (primary N) is 1. The molecule has 3 nitrogen and oxygen atoms in total. The number of halogens is 1. The van der Waals surface area contributed by atoms with Crippen LogP contribution in [0.4, 0.5) is 0 Å². The molecule has 0 aromatic carbocycles. The molecule has 0 aliphatic heterocycles. The zero-order valence-corrected chi connectivity index (χ0v) is 8.17. The van der Waals surface area contributed by atoms with Crippen LogP contribution in [0.1, 0.15) is 19.3 Å². The van der Waals surface area contributed by atoms with Gasteiger partial charge in [-0.3, -0.25) is 0 Å². The highest BCUT2D eigenvalue weighted by atomic mass is 35.5. The summed E-state index contributed by atoms with van der Waals surface area (Å²) in [5.74, 6) is 0.153. The summed E-state index contributed by atoms with van der Waals surface area (Å²) in [5.41, 5.74) is 5.33. The molecule has 0 atom stereocenters. The van der Waals surface area contributed by atoms with Gasteiger partial charge in [-0.2, -0.15) is 0 Å². The van der Waals surface area contributed by atoms with Crippen molar-refractivity contribution < 1.29 is 8.42 Å². The lowest BCUT2D eigenvalue weighted by atomic mass is 9.79. The maximum Gasteiger partial charge on any atom is 0.149 e. The molecule has 0 saturated heterocycles. The van der Waals surface area contributed by atoms with E-state index in [2.05, 4.69) is 0 Å². The third kappa shape index (κ3) is 3.40. The average Bonchev–Trinajstić information content (AvgIpc) is 1.57. The Morgan fingerprint density at radius 3 is 2.00 bits per heavy atom. The van der Waals surface area contributed by atoms with Gasteiger partial charge in [-0.15, -0.1) is 12.4 Å². The molecule has 0 spiro atoms. The molecule has 5 heteroatoms. The minimum atomic E-state index is -2.87. The maximum absolute atomic E-state index is 10.8. The number of hydrogen-bond acceptors (Lipinski definition) is 3. The highest BCUT2D eigenvalue weighted by Crippen LogP contribution is 2.29. The molecule has 0 aromatic rings. The minimum absolute atomic E-state index is 0. The summed E-state index contributed by atoms with van der Waals surface area (Å²) >= 11 is 0. The topological polar surface area (TPSA) is 60.2 Å². The largest absolute Gasteiger partial charge is 0.324 e. The fourth-order valence-electron chi connectivity index (χ4n) is 1.30. The van der Waals surface area contributed by atoms with Crippen molar-refractivity contribution in [2.45, 2.75) is 24.8 Å². The second kappa shape index (κ2) is 3.29. The predicted octanol–water partition coefficient (Wildman–Crippen LogP) is 0.334. The summed E-state index contributed by atoms with van der Waals surface area (Å²) in [7, 11) is -2.87.